The van der Waals surface area contributed by atoms with Crippen LogP contribution in [0.3, 0.4) is 0 Å². The minimum Gasteiger partial charge on any atom is -0.234 e. The van der Waals surface area contributed by atoms with E-state index in [-0.39, 0.29) is 5.02 Å². The van der Waals surface area contributed by atoms with Crippen LogP contribution in [-0.2, 0) is 11.0 Å². The number of hydrogen-bond donors (Lipinski definition) is 0. The molecule has 1 aromatic rings. The molecule has 0 aliphatic heterocycles. The predicted molar refractivity (Wildman–Crippen MR) is 71.9 cm³/mol. The summed E-state index contributed by atoms with van der Waals surface area (Å²) in [7, 11) is -2.17. The second kappa shape index (κ2) is 5.81. The summed E-state index contributed by atoms with van der Waals surface area (Å²) in [5, 5.41) is -0.0695. The number of halogens is 5. The van der Waals surface area contributed by atoms with Crippen molar-refractivity contribution in [2.24, 2.45) is 4.40 Å². The normalized spacial score (nSPS) is 15.3. The van der Waals surface area contributed by atoms with Crippen molar-refractivity contribution >= 4 is 28.3 Å². The molecule has 0 bridgehead atoms. The molecule has 1 atom stereocenters. The molecular formula is C12H12ClF4NOS. The van der Waals surface area contributed by atoms with Crippen LogP contribution < -0.4 is 0 Å². The van der Waals surface area contributed by atoms with Gasteiger partial charge in [0.15, 0.2) is 5.71 Å². The van der Waals surface area contributed by atoms with Crippen molar-refractivity contribution in [3.63, 3.8) is 0 Å². The maximum absolute atomic E-state index is 13.6. The molecule has 20 heavy (non-hydrogen) atoms. The minimum atomic E-state index is -4.94. The molecule has 0 aliphatic rings. The molecule has 2 nitrogen and oxygen atoms in total. The molecule has 1 aromatic carbocycles. The van der Waals surface area contributed by atoms with Gasteiger partial charge in [-0.05, 0) is 39.0 Å². The first-order valence-corrected chi connectivity index (χ1v) is 6.94. The van der Waals surface area contributed by atoms with E-state index in [1.807, 2.05) is 0 Å². The van der Waals surface area contributed by atoms with Crippen LogP contribution in [-0.4, -0.2) is 20.8 Å². The summed E-state index contributed by atoms with van der Waals surface area (Å²) >= 11 is 5.57. The van der Waals surface area contributed by atoms with Crippen LogP contribution in [0.5, 0.6) is 0 Å². The minimum absolute atomic E-state index is 0.0695. The molecule has 0 aromatic heterocycles. The molecule has 1 rings (SSSR count). The Morgan fingerprint density at radius 2 is 1.80 bits per heavy atom. The average Bonchev–Trinajstić information content (AvgIpc) is 2.26. The standard InChI is InChI=1S/C12H12ClF4NOS/c1-11(2,3)20(19)18-10(12(15,16)17)8-6-7(13)4-5-9(8)14/h4-6H,1-3H3/t20-/m0/s1. The van der Waals surface area contributed by atoms with Crippen LogP contribution in [0, 0.1) is 5.82 Å². The molecule has 0 heterocycles. The van der Waals surface area contributed by atoms with E-state index in [9.17, 15) is 21.8 Å². The third-order valence-corrected chi connectivity index (χ3v) is 3.78. The van der Waals surface area contributed by atoms with E-state index >= 15 is 0 Å². The van der Waals surface area contributed by atoms with Gasteiger partial charge in [0.05, 0.1) is 4.75 Å². The smallest absolute Gasteiger partial charge is 0.234 e. The Labute approximate surface area is 121 Å². The maximum atomic E-state index is 13.6. The molecule has 0 aliphatic carbocycles. The number of benzene rings is 1. The molecule has 8 heteroatoms. The summed E-state index contributed by atoms with van der Waals surface area (Å²) in [6.07, 6.45) is -4.94. The van der Waals surface area contributed by atoms with Crippen molar-refractivity contribution in [1.29, 1.82) is 0 Å². The Balaban J connectivity index is 3.46. The lowest BCUT2D eigenvalue weighted by Crippen LogP contribution is -2.29. The van der Waals surface area contributed by atoms with E-state index in [2.05, 4.69) is 4.40 Å². The third kappa shape index (κ3) is 4.28. The first-order valence-electron chi connectivity index (χ1n) is 5.46. The van der Waals surface area contributed by atoms with Gasteiger partial charge in [-0.25, -0.2) is 8.60 Å². The highest BCUT2D eigenvalue weighted by molar-refractivity contribution is 7.85. The zero-order valence-corrected chi connectivity index (χ0v) is 12.5. The third-order valence-electron chi connectivity index (χ3n) is 2.15. The van der Waals surface area contributed by atoms with Crippen molar-refractivity contribution < 1.29 is 21.8 Å². The van der Waals surface area contributed by atoms with E-state index in [1.54, 1.807) is 0 Å². The molecule has 112 valence electrons. The Morgan fingerprint density at radius 3 is 2.25 bits per heavy atom. The molecule has 0 saturated heterocycles. The van der Waals surface area contributed by atoms with Gasteiger partial charge in [0, 0.05) is 10.6 Å². The van der Waals surface area contributed by atoms with Crippen molar-refractivity contribution in [3.05, 3.63) is 34.6 Å². The Kier molecular flexibility index (Phi) is 4.97. The van der Waals surface area contributed by atoms with Crippen LogP contribution in [0.1, 0.15) is 26.3 Å². The second-order valence-corrected chi connectivity index (χ2v) is 7.27. The first kappa shape index (κ1) is 17.1. The van der Waals surface area contributed by atoms with Crippen molar-refractivity contribution in [2.45, 2.75) is 31.7 Å². The van der Waals surface area contributed by atoms with Gasteiger partial charge in [0.1, 0.15) is 16.8 Å². The summed E-state index contributed by atoms with van der Waals surface area (Å²) in [4.78, 5) is 0. The van der Waals surface area contributed by atoms with E-state index < -0.39 is 39.0 Å². The quantitative estimate of drug-likeness (QED) is 0.588. The van der Waals surface area contributed by atoms with Gasteiger partial charge < -0.3 is 0 Å². The predicted octanol–water partition coefficient (Wildman–Crippen LogP) is 4.29. The largest absolute Gasteiger partial charge is 0.434 e. The zero-order valence-electron chi connectivity index (χ0n) is 10.9. The lowest BCUT2D eigenvalue weighted by atomic mass is 10.1. The summed E-state index contributed by atoms with van der Waals surface area (Å²) in [5.74, 6) is -1.13. The van der Waals surface area contributed by atoms with Gasteiger partial charge in [-0.1, -0.05) is 11.6 Å². The average molecular weight is 330 g/mol. The van der Waals surface area contributed by atoms with Crippen LogP contribution in [0.15, 0.2) is 22.6 Å². The molecule has 0 unspecified atom stereocenters. The second-order valence-electron chi connectivity index (χ2n) is 4.92. The SMILES string of the molecule is CC(C)(C)[S@](=O)N=C(c1cc(Cl)ccc1F)C(F)(F)F. The summed E-state index contributed by atoms with van der Waals surface area (Å²) in [6, 6.07) is 2.73. The highest BCUT2D eigenvalue weighted by atomic mass is 35.5. The van der Waals surface area contributed by atoms with E-state index in [0.717, 1.165) is 18.2 Å². The monoisotopic (exact) mass is 329 g/mol. The maximum Gasteiger partial charge on any atom is 0.434 e. The highest BCUT2D eigenvalue weighted by Crippen LogP contribution is 2.28. The topological polar surface area (TPSA) is 29.4 Å². The fourth-order valence-electron chi connectivity index (χ4n) is 1.15. The van der Waals surface area contributed by atoms with Gasteiger partial charge in [-0.3, -0.25) is 0 Å². The van der Waals surface area contributed by atoms with Crippen LogP contribution in [0.25, 0.3) is 0 Å². The van der Waals surface area contributed by atoms with Gasteiger partial charge in [-0.2, -0.15) is 17.6 Å². The Hall–Kier alpha value is -0.950. The highest BCUT2D eigenvalue weighted by Gasteiger charge is 2.40. The molecular weight excluding hydrogens is 318 g/mol. The van der Waals surface area contributed by atoms with Crippen molar-refractivity contribution in [1.82, 2.24) is 0 Å². The molecule has 0 N–H and O–H groups in total. The number of alkyl halides is 3. The molecule has 0 radical (unpaired) electrons. The molecule has 0 saturated carbocycles. The fourth-order valence-corrected chi connectivity index (χ4v) is 1.97. The van der Waals surface area contributed by atoms with E-state index in [4.69, 9.17) is 11.6 Å². The number of hydrogen-bond acceptors (Lipinski definition) is 1. The zero-order chi connectivity index (χ0) is 15.7. The van der Waals surface area contributed by atoms with Crippen molar-refractivity contribution in [2.75, 3.05) is 0 Å². The summed E-state index contributed by atoms with van der Waals surface area (Å²) in [5.41, 5.74) is -2.35. The Morgan fingerprint density at radius 1 is 1.25 bits per heavy atom. The van der Waals surface area contributed by atoms with Gasteiger partial charge >= 0.3 is 6.18 Å². The van der Waals surface area contributed by atoms with E-state index in [0.29, 0.717) is 0 Å². The Bertz CT molecular complexity index is 564. The first-order chi connectivity index (χ1) is 8.93. The van der Waals surface area contributed by atoms with E-state index in [1.165, 1.54) is 20.8 Å². The van der Waals surface area contributed by atoms with Crippen LogP contribution in [0.4, 0.5) is 17.6 Å². The van der Waals surface area contributed by atoms with Gasteiger partial charge in [-0.15, -0.1) is 0 Å². The fraction of sp³-hybridized carbons (Fsp3) is 0.417. The molecule has 0 spiro atoms. The molecule has 0 amide bonds. The summed E-state index contributed by atoms with van der Waals surface area (Å²) < 4.78 is 66.5. The lowest BCUT2D eigenvalue weighted by molar-refractivity contribution is -0.0579. The molecule has 0 fully saturated rings. The number of rotatable bonds is 2. The lowest BCUT2D eigenvalue weighted by Gasteiger charge is -2.17. The van der Waals surface area contributed by atoms with Gasteiger partial charge in [0.2, 0.25) is 0 Å². The number of nitrogens with zero attached hydrogens (tertiary/aromatic N) is 1. The summed E-state index contributed by atoms with van der Waals surface area (Å²) in [6.45, 7) is 4.40. The van der Waals surface area contributed by atoms with Crippen LogP contribution in [0.2, 0.25) is 5.02 Å². The van der Waals surface area contributed by atoms with Crippen molar-refractivity contribution in [3.8, 4) is 0 Å². The van der Waals surface area contributed by atoms with Crippen LogP contribution >= 0.6 is 11.6 Å². The van der Waals surface area contributed by atoms with Gasteiger partial charge in [0.25, 0.3) is 0 Å².